The van der Waals surface area contributed by atoms with E-state index >= 15 is 0 Å². The van der Waals surface area contributed by atoms with Crippen molar-refractivity contribution in [3.05, 3.63) is 250 Å². The molecular formula is C61H55BrN2O9. The summed E-state index contributed by atoms with van der Waals surface area (Å²) < 4.78 is 49.6. The van der Waals surface area contributed by atoms with Gasteiger partial charge < -0.3 is 37.7 Å². The van der Waals surface area contributed by atoms with E-state index in [4.69, 9.17) is 33.2 Å². The molecule has 1 saturated heterocycles. The van der Waals surface area contributed by atoms with E-state index in [9.17, 15) is 9.59 Å². The molecule has 1 aromatic heterocycles. The van der Waals surface area contributed by atoms with E-state index in [1.54, 1.807) is 0 Å². The normalized spacial score (nSPS) is 19.0. The van der Waals surface area contributed by atoms with Crippen molar-refractivity contribution in [2.45, 2.75) is 70.3 Å². The Bertz CT molecular complexity index is 3090. The summed E-state index contributed by atoms with van der Waals surface area (Å²) in [6.07, 6.45) is -1.95. The molecule has 1 fully saturated rings. The van der Waals surface area contributed by atoms with Crippen LogP contribution in [0.5, 0.6) is 5.75 Å². The van der Waals surface area contributed by atoms with Gasteiger partial charge in [-0.15, -0.1) is 0 Å². The molecule has 73 heavy (non-hydrogen) atoms. The minimum absolute atomic E-state index is 0.113. The molecule has 370 valence electrons. The van der Waals surface area contributed by atoms with E-state index in [1.165, 1.54) is 0 Å². The second-order valence-electron chi connectivity index (χ2n) is 17.9. The minimum atomic E-state index is -0.893. The molecule has 2 aliphatic rings. The molecule has 3 heterocycles. The molecule has 0 spiro atoms. The zero-order valence-electron chi connectivity index (χ0n) is 40.1. The van der Waals surface area contributed by atoms with Crippen LogP contribution in [-0.2, 0) is 77.7 Å². The van der Waals surface area contributed by atoms with Crippen molar-refractivity contribution in [2.75, 3.05) is 13.3 Å². The molecule has 0 bridgehead atoms. The molecule has 11 nitrogen and oxygen atoms in total. The standard InChI is InChI=1S/C61H55BrN2O9/c62-55-54(59(65)64(60(55)66)42-68-36-44-21-9-2-10-22-44)51-34-63(52-32-31-49(33-50(51)52)69-37-45-23-11-3-12-24-45)61-58(72-40-48-29-17-6-18-30-48)57(71-39-47-27-15-5-16-28-47)56(70-38-46-25-13-4-14-26-46)53(73-61)41-67-35-43-19-7-1-8-20-43/h1-34,53,56-58,61H,35-42H2/t53-,56-,57+,58-,61?/m1/s1. The van der Waals surface area contributed by atoms with Crippen LogP contribution >= 0.6 is 15.9 Å². The summed E-state index contributed by atoms with van der Waals surface area (Å²) in [6.45, 7) is 1.53. The predicted octanol–water partition coefficient (Wildman–Crippen LogP) is 11.7. The summed E-state index contributed by atoms with van der Waals surface area (Å²) in [4.78, 5) is 29.9. The van der Waals surface area contributed by atoms with Crippen LogP contribution in [0, 0.1) is 0 Å². The Morgan fingerprint density at radius 1 is 0.479 bits per heavy atom. The number of nitrogens with zero attached hydrogens (tertiary/aromatic N) is 2. The van der Waals surface area contributed by atoms with Crippen molar-refractivity contribution < 1.29 is 42.7 Å². The molecule has 5 atom stereocenters. The molecule has 10 rings (SSSR count). The van der Waals surface area contributed by atoms with Crippen LogP contribution in [0.3, 0.4) is 0 Å². The van der Waals surface area contributed by atoms with Gasteiger partial charge in [-0.3, -0.25) is 9.59 Å². The van der Waals surface area contributed by atoms with Gasteiger partial charge in [-0.25, -0.2) is 4.90 Å². The molecule has 2 amide bonds. The monoisotopic (exact) mass is 1040 g/mol. The Morgan fingerprint density at radius 2 is 0.932 bits per heavy atom. The molecule has 0 radical (unpaired) electrons. The molecule has 0 saturated carbocycles. The van der Waals surface area contributed by atoms with E-state index in [1.807, 2.05) is 211 Å². The SMILES string of the molecule is O=C1C(Br)=C(c2cn(C3O[C@H](COCc4ccccc4)[C@@H](OCc4ccccc4)[C@H](OCc4ccccc4)[C@H]3OCc3ccccc3)c3ccc(OCc4ccccc4)cc23)C(=O)N1COCc1ccccc1. The summed E-state index contributed by atoms with van der Waals surface area (Å²) in [5.74, 6) is -0.447. The first-order valence-corrected chi connectivity index (χ1v) is 25.2. The average molecular weight is 1040 g/mol. The van der Waals surface area contributed by atoms with Crippen LogP contribution in [0.15, 0.2) is 211 Å². The highest BCUT2D eigenvalue weighted by atomic mass is 79.9. The van der Waals surface area contributed by atoms with Gasteiger partial charge >= 0.3 is 0 Å². The lowest BCUT2D eigenvalue weighted by Crippen LogP contribution is -2.59. The van der Waals surface area contributed by atoms with Gasteiger partial charge in [0.25, 0.3) is 11.8 Å². The van der Waals surface area contributed by atoms with Gasteiger partial charge in [0.2, 0.25) is 0 Å². The first-order chi connectivity index (χ1) is 36.0. The van der Waals surface area contributed by atoms with Crippen LogP contribution < -0.4 is 4.74 Å². The number of hydrogen-bond donors (Lipinski definition) is 0. The van der Waals surface area contributed by atoms with Gasteiger partial charge in [0.15, 0.2) is 6.23 Å². The number of carbonyl (C=O) groups excluding carboxylic acids is 2. The van der Waals surface area contributed by atoms with Crippen LogP contribution in [0.1, 0.15) is 45.2 Å². The van der Waals surface area contributed by atoms with E-state index in [0.717, 1.165) is 38.3 Å². The number of imide groups is 1. The Kier molecular flexibility index (Phi) is 16.4. The highest BCUT2D eigenvalue weighted by Gasteiger charge is 2.50. The average Bonchev–Trinajstić information content (AvgIpc) is 3.91. The van der Waals surface area contributed by atoms with E-state index in [2.05, 4.69) is 15.9 Å². The Labute approximate surface area is 433 Å². The van der Waals surface area contributed by atoms with E-state index < -0.39 is 42.5 Å². The van der Waals surface area contributed by atoms with Crippen molar-refractivity contribution in [3.63, 3.8) is 0 Å². The topological polar surface area (TPSA) is 107 Å². The number of hydrogen-bond acceptors (Lipinski definition) is 9. The fourth-order valence-corrected chi connectivity index (χ4v) is 9.79. The Hall–Kier alpha value is -7.00. The molecule has 0 aliphatic carbocycles. The Balaban J connectivity index is 1.07. The maximum Gasteiger partial charge on any atom is 0.270 e. The number of aromatic nitrogens is 1. The van der Waals surface area contributed by atoms with Crippen molar-refractivity contribution in [2.24, 2.45) is 0 Å². The van der Waals surface area contributed by atoms with Crippen molar-refractivity contribution in [1.82, 2.24) is 9.47 Å². The summed E-state index contributed by atoms with van der Waals surface area (Å²) >= 11 is 3.57. The van der Waals surface area contributed by atoms with Gasteiger partial charge in [0, 0.05) is 17.1 Å². The van der Waals surface area contributed by atoms with E-state index in [0.29, 0.717) is 35.4 Å². The maximum atomic E-state index is 14.7. The number of halogens is 1. The smallest absolute Gasteiger partial charge is 0.270 e. The highest BCUT2D eigenvalue weighted by Crippen LogP contribution is 2.43. The van der Waals surface area contributed by atoms with Crippen molar-refractivity contribution in [1.29, 1.82) is 0 Å². The number of amides is 2. The predicted molar refractivity (Wildman–Crippen MR) is 282 cm³/mol. The van der Waals surface area contributed by atoms with Gasteiger partial charge in [-0.2, -0.15) is 0 Å². The second kappa shape index (κ2) is 24.1. The molecule has 7 aromatic carbocycles. The summed E-state index contributed by atoms with van der Waals surface area (Å²) in [6, 6.07) is 65.3. The lowest BCUT2D eigenvalue weighted by Gasteiger charge is -2.46. The third kappa shape index (κ3) is 12.1. The van der Waals surface area contributed by atoms with Crippen LogP contribution in [0.2, 0.25) is 0 Å². The fourth-order valence-electron chi connectivity index (χ4n) is 9.19. The highest BCUT2D eigenvalue weighted by molar-refractivity contribution is 9.12. The number of ether oxygens (including phenoxy) is 7. The van der Waals surface area contributed by atoms with Crippen LogP contribution in [0.4, 0.5) is 0 Å². The number of benzene rings is 7. The Morgan fingerprint density at radius 3 is 1.45 bits per heavy atom. The molecule has 2 aliphatic heterocycles. The van der Waals surface area contributed by atoms with Crippen LogP contribution in [-0.4, -0.2) is 59.0 Å². The van der Waals surface area contributed by atoms with Crippen LogP contribution in [0.25, 0.3) is 16.5 Å². The van der Waals surface area contributed by atoms with E-state index in [-0.39, 0.29) is 49.8 Å². The quantitative estimate of drug-likeness (QED) is 0.0613. The summed E-state index contributed by atoms with van der Waals surface area (Å²) in [7, 11) is 0. The molecule has 12 heteroatoms. The number of carbonyl (C=O) groups is 2. The second-order valence-corrected chi connectivity index (χ2v) is 18.7. The largest absolute Gasteiger partial charge is 0.489 e. The number of rotatable bonds is 22. The summed E-state index contributed by atoms with van der Waals surface area (Å²) in [5, 5.41) is 0.650. The van der Waals surface area contributed by atoms with Crippen molar-refractivity contribution >= 4 is 44.2 Å². The lowest BCUT2D eigenvalue weighted by atomic mass is 9.96. The molecular weight excluding hydrogens is 985 g/mol. The van der Waals surface area contributed by atoms with Gasteiger partial charge in [0.1, 0.15) is 43.5 Å². The minimum Gasteiger partial charge on any atom is -0.489 e. The summed E-state index contributed by atoms with van der Waals surface area (Å²) in [5.41, 5.74) is 7.20. The lowest BCUT2D eigenvalue weighted by molar-refractivity contribution is -0.289. The van der Waals surface area contributed by atoms with Crippen molar-refractivity contribution in [3.8, 4) is 5.75 Å². The zero-order valence-corrected chi connectivity index (χ0v) is 41.7. The zero-order chi connectivity index (χ0) is 49.8. The first-order valence-electron chi connectivity index (χ1n) is 24.4. The molecule has 0 N–H and O–H groups in total. The fraction of sp³-hybridized carbons (Fsp3) is 0.213. The van der Waals surface area contributed by atoms with Gasteiger partial charge in [-0.05, 0) is 67.5 Å². The van der Waals surface area contributed by atoms with Gasteiger partial charge in [-0.1, -0.05) is 182 Å². The third-order valence-electron chi connectivity index (χ3n) is 12.9. The molecule has 8 aromatic rings. The maximum absolute atomic E-state index is 14.7. The van der Waals surface area contributed by atoms with Gasteiger partial charge in [0.05, 0.1) is 55.2 Å². The third-order valence-corrected chi connectivity index (χ3v) is 13.6. The number of fused-ring (bicyclic) bond motifs is 1. The first kappa shape index (κ1) is 49.6. The molecule has 1 unspecified atom stereocenters.